The minimum Gasteiger partial charge on any atom is -0.399 e. The van der Waals surface area contributed by atoms with Crippen LogP contribution in [0.2, 0.25) is 0 Å². The van der Waals surface area contributed by atoms with Crippen molar-refractivity contribution >= 4 is 39.4 Å². The van der Waals surface area contributed by atoms with Gasteiger partial charge in [0.25, 0.3) is 0 Å². The third-order valence-corrected chi connectivity index (χ3v) is 3.37. The number of carbonyl (C=O) groups is 1. The van der Waals surface area contributed by atoms with E-state index in [9.17, 15) is 4.79 Å². The van der Waals surface area contributed by atoms with Crippen molar-refractivity contribution in [1.82, 2.24) is 0 Å². The van der Waals surface area contributed by atoms with Crippen LogP contribution in [-0.4, -0.2) is 5.91 Å². The molecule has 3 aromatic rings. The van der Waals surface area contributed by atoms with Crippen molar-refractivity contribution in [3.63, 3.8) is 0 Å². The molecular weight excluding hydrogens is 274 g/mol. The van der Waals surface area contributed by atoms with Crippen LogP contribution < -0.4 is 16.4 Å². The quantitative estimate of drug-likeness (QED) is 0.636. The molecule has 4 heteroatoms. The number of benzene rings is 3. The molecule has 0 saturated heterocycles. The highest BCUT2D eigenvalue weighted by Crippen LogP contribution is 2.28. The summed E-state index contributed by atoms with van der Waals surface area (Å²) in [6.07, 6.45) is 0. The molecule has 4 N–H and O–H groups in total. The zero-order valence-corrected chi connectivity index (χ0v) is 12.3. The highest BCUT2D eigenvalue weighted by atomic mass is 16.1. The number of rotatable bonds is 3. The van der Waals surface area contributed by atoms with Crippen LogP contribution in [0.5, 0.6) is 0 Å². The Morgan fingerprint density at radius 3 is 2.55 bits per heavy atom. The van der Waals surface area contributed by atoms with Crippen LogP contribution in [0, 0.1) is 0 Å². The fraction of sp³-hybridized carbons (Fsp3) is 0.0556. The molecule has 110 valence electrons. The number of nitrogen functional groups attached to an aromatic ring is 1. The zero-order valence-electron chi connectivity index (χ0n) is 12.3. The van der Waals surface area contributed by atoms with E-state index >= 15 is 0 Å². The third-order valence-electron chi connectivity index (χ3n) is 3.37. The van der Waals surface area contributed by atoms with E-state index in [1.54, 1.807) is 0 Å². The molecule has 1 amide bonds. The van der Waals surface area contributed by atoms with Crippen LogP contribution in [0.3, 0.4) is 0 Å². The predicted molar refractivity (Wildman–Crippen MR) is 92.4 cm³/mol. The lowest BCUT2D eigenvalue weighted by molar-refractivity contribution is -0.114. The molecule has 0 saturated carbocycles. The van der Waals surface area contributed by atoms with Crippen molar-refractivity contribution in [1.29, 1.82) is 0 Å². The maximum atomic E-state index is 11.1. The second-order valence-corrected chi connectivity index (χ2v) is 5.17. The number of nitrogens with one attached hydrogen (secondary N) is 2. The Labute approximate surface area is 129 Å². The van der Waals surface area contributed by atoms with Crippen molar-refractivity contribution in [2.24, 2.45) is 0 Å². The van der Waals surface area contributed by atoms with E-state index in [1.807, 2.05) is 60.7 Å². The number of hydrogen-bond donors (Lipinski definition) is 3. The van der Waals surface area contributed by atoms with E-state index in [-0.39, 0.29) is 5.91 Å². The van der Waals surface area contributed by atoms with Crippen LogP contribution in [0.25, 0.3) is 10.8 Å². The summed E-state index contributed by atoms with van der Waals surface area (Å²) in [6.45, 7) is 1.49. The number of amides is 1. The third kappa shape index (κ3) is 3.01. The van der Waals surface area contributed by atoms with E-state index in [4.69, 9.17) is 5.73 Å². The van der Waals surface area contributed by atoms with Crippen LogP contribution >= 0.6 is 0 Å². The molecule has 4 nitrogen and oxygen atoms in total. The van der Waals surface area contributed by atoms with E-state index in [0.29, 0.717) is 0 Å². The highest BCUT2D eigenvalue weighted by Gasteiger charge is 2.03. The van der Waals surface area contributed by atoms with Crippen molar-refractivity contribution in [2.45, 2.75) is 6.92 Å². The van der Waals surface area contributed by atoms with Gasteiger partial charge in [-0.15, -0.1) is 0 Å². The Morgan fingerprint density at radius 1 is 0.955 bits per heavy atom. The summed E-state index contributed by atoms with van der Waals surface area (Å²) in [5.74, 6) is -0.0879. The molecule has 3 rings (SSSR count). The first kappa shape index (κ1) is 13.9. The lowest BCUT2D eigenvalue weighted by Crippen LogP contribution is -2.05. The molecule has 0 spiro atoms. The van der Waals surface area contributed by atoms with Gasteiger partial charge in [0.1, 0.15) is 0 Å². The summed E-state index contributed by atoms with van der Waals surface area (Å²) < 4.78 is 0. The smallest absolute Gasteiger partial charge is 0.221 e. The molecule has 0 bridgehead atoms. The van der Waals surface area contributed by atoms with Crippen molar-refractivity contribution in [3.8, 4) is 0 Å². The molecule has 0 atom stereocenters. The molecule has 0 aliphatic heterocycles. The predicted octanol–water partition coefficient (Wildman–Crippen LogP) is 4.12. The summed E-state index contributed by atoms with van der Waals surface area (Å²) >= 11 is 0. The van der Waals surface area contributed by atoms with Gasteiger partial charge in [-0.25, -0.2) is 0 Å². The molecule has 0 aromatic heterocycles. The van der Waals surface area contributed by atoms with Gasteiger partial charge >= 0.3 is 0 Å². The Hall–Kier alpha value is -3.01. The van der Waals surface area contributed by atoms with Crippen molar-refractivity contribution in [3.05, 3.63) is 60.7 Å². The van der Waals surface area contributed by atoms with E-state index in [0.717, 1.165) is 33.5 Å². The van der Waals surface area contributed by atoms with Crippen molar-refractivity contribution < 1.29 is 4.79 Å². The summed E-state index contributed by atoms with van der Waals surface area (Å²) in [4.78, 5) is 11.1. The standard InChI is InChI=1S/C18H17N3O/c1-12(22)20-15-5-3-6-16(11-15)21-18-7-2-4-13-8-9-14(19)10-17(13)18/h2-11,21H,19H2,1H3,(H,20,22). The summed E-state index contributed by atoms with van der Waals surface area (Å²) in [7, 11) is 0. The SMILES string of the molecule is CC(=O)Nc1cccc(Nc2cccc3ccc(N)cc23)c1. The molecule has 22 heavy (non-hydrogen) atoms. The molecule has 0 radical (unpaired) electrons. The van der Waals surface area contributed by atoms with Gasteiger partial charge in [-0.05, 0) is 41.8 Å². The summed E-state index contributed by atoms with van der Waals surface area (Å²) in [5, 5.41) is 8.34. The van der Waals surface area contributed by atoms with Crippen molar-refractivity contribution in [2.75, 3.05) is 16.4 Å². The fourth-order valence-electron chi connectivity index (χ4n) is 2.43. The van der Waals surface area contributed by atoms with Crippen LogP contribution in [0.1, 0.15) is 6.92 Å². The molecule has 0 heterocycles. The first-order valence-electron chi connectivity index (χ1n) is 7.05. The lowest BCUT2D eigenvalue weighted by atomic mass is 10.1. The minimum atomic E-state index is -0.0879. The maximum absolute atomic E-state index is 11.1. The van der Waals surface area contributed by atoms with Crippen LogP contribution in [0.4, 0.5) is 22.7 Å². The largest absolute Gasteiger partial charge is 0.399 e. The number of hydrogen-bond acceptors (Lipinski definition) is 3. The topological polar surface area (TPSA) is 67.2 Å². The molecular formula is C18H17N3O. The first-order valence-corrected chi connectivity index (χ1v) is 7.05. The lowest BCUT2D eigenvalue weighted by Gasteiger charge is -2.12. The van der Waals surface area contributed by atoms with E-state index < -0.39 is 0 Å². The van der Waals surface area contributed by atoms with Gasteiger partial charge in [-0.1, -0.05) is 24.3 Å². The van der Waals surface area contributed by atoms with Gasteiger partial charge in [-0.3, -0.25) is 4.79 Å². The second-order valence-electron chi connectivity index (χ2n) is 5.17. The Morgan fingerprint density at radius 2 is 1.73 bits per heavy atom. The van der Waals surface area contributed by atoms with Crippen LogP contribution in [0.15, 0.2) is 60.7 Å². The van der Waals surface area contributed by atoms with Gasteiger partial charge in [0.2, 0.25) is 5.91 Å². The maximum Gasteiger partial charge on any atom is 0.221 e. The highest BCUT2D eigenvalue weighted by molar-refractivity contribution is 5.97. The molecule has 0 aliphatic carbocycles. The number of fused-ring (bicyclic) bond motifs is 1. The summed E-state index contributed by atoms with van der Waals surface area (Å²) in [5.41, 5.74) is 9.26. The molecule has 0 fully saturated rings. The average Bonchev–Trinajstić information content (AvgIpc) is 2.47. The fourth-order valence-corrected chi connectivity index (χ4v) is 2.43. The number of nitrogens with two attached hydrogens (primary N) is 1. The first-order chi connectivity index (χ1) is 10.6. The van der Waals surface area contributed by atoms with Gasteiger partial charge in [0.15, 0.2) is 0 Å². The molecule has 3 aromatic carbocycles. The van der Waals surface area contributed by atoms with E-state index in [1.165, 1.54) is 6.92 Å². The molecule has 0 unspecified atom stereocenters. The van der Waals surface area contributed by atoms with Crippen LogP contribution in [-0.2, 0) is 4.79 Å². The van der Waals surface area contributed by atoms with Gasteiger partial charge < -0.3 is 16.4 Å². The van der Waals surface area contributed by atoms with Gasteiger partial charge in [0, 0.05) is 35.1 Å². The minimum absolute atomic E-state index is 0.0879. The van der Waals surface area contributed by atoms with Gasteiger partial charge in [0.05, 0.1) is 0 Å². The summed E-state index contributed by atoms with van der Waals surface area (Å²) in [6, 6.07) is 19.5. The number of anilines is 4. The molecule has 0 aliphatic rings. The zero-order chi connectivity index (χ0) is 15.5. The second kappa shape index (κ2) is 5.77. The van der Waals surface area contributed by atoms with E-state index in [2.05, 4.69) is 10.6 Å². The Balaban J connectivity index is 1.96. The monoisotopic (exact) mass is 291 g/mol. The van der Waals surface area contributed by atoms with Gasteiger partial charge in [-0.2, -0.15) is 0 Å². The Bertz CT molecular complexity index is 843. The number of carbonyl (C=O) groups excluding carboxylic acids is 1. The average molecular weight is 291 g/mol. The Kier molecular flexibility index (Phi) is 3.66. The normalized spacial score (nSPS) is 10.4.